The third-order valence-corrected chi connectivity index (χ3v) is 14.0. The molecule has 0 saturated heterocycles. The Labute approximate surface area is 312 Å². The fourth-order valence-electron chi connectivity index (χ4n) is 10.3. The molecular formula is C51H68. The fourth-order valence-corrected chi connectivity index (χ4v) is 10.3. The van der Waals surface area contributed by atoms with Gasteiger partial charge in [-0.15, -0.1) is 0 Å². The van der Waals surface area contributed by atoms with Gasteiger partial charge in [0.25, 0.3) is 0 Å². The van der Waals surface area contributed by atoms with Crippen LogP contribution in [0.4, 0.5) is 0 Å². The van der Waals surface area contributed by atoms with Gasteiger partial charge in [-0.25, -0.2) is 0 Å². The molecule has 1 fully saturated rings. The summed E-state index contributed by atoms with van der Waals surface area (Å²) < 4.78 is 0. The van der Waals surface area contributed by atoms with Gasteiger partial charge in [-0.1, -0.05) is 165 Å². The summed E-state index contributed by atoms with van der Waals surface area (Å²) in [6.45, 7) is 17.0. The Hall–Kier alpha value is -3.12. The molecule has 0 nitrogen and oxygen atoms in total. The maximum absolute atomic E-state index is 2.62. The van der Waals surface area contributed by atoms with Crippen LogP contribution in [0.2, 0.25) is 0 Å². The zero-order valence-electron chi connectivity index (χ0n) is 33.4. The molecule has 0 radical (unpaired) electrons. The van der Waals surface area contributed by atoms with E-state index in [9.17, 15) is 0 Å². The van der Waals surface area contributed by atoms with Gasteiger partial charge >= 0.3 is 0 Å². The lowest BCUT2D eigenvalue weighted by atomic mass is 9.66. The Bertz CT molecular complexity index is 1780. The highest BCUT2D eigenvalue weighted by Crippen LogP contribution is 2.46. The van der Waals surface area contributed by atoms with Gasteiger partial charge < -0.3 is 0 Å². The van der Waals surface area contributed by atoms with Crippen LogP contribution in [0.25, 0.3) is 23.3 Å². The summed E-state index contributed by atoms with van der Waals surface area (Å²) in [5, 5.41) is 2.95. The van der Waals surface area contributed by atoms with Crippen molar-refractivity contribution in [1.29, 1.82) is 0 Å². The molecular weight excluding hydrogens is 613 g/mol. The monoisotopic (exact) mass is 681 g/mol. The van der Waals surface area contributed by atoms with Crippen molar-refractivity contribution < 1.29 is 0 Å². The van der Waals surface area contributed by atoms with E-state index in [0.717, 1.165) is 31.1 Å². The zero-order chi connectivity index (χ0) is 36.0. The Morgan fingerprint density at radius 3 is 2.41 bits per heavy atom. The maximum atomic E-state index is 2.62. The lowest BCUT2D eigenvalue weighted by Crippen LogP contribution is -2.30. The Kier molecular flexibility index (Phi) is 12.6. The molecule has 4 aliphatic rings. The predicted molar refractivity (Wildman–Crippen MR) is 225 cm³/mol. The van der Waals surface area contributed by atoms with Gasteiger partial charge in [0, 0.05) is 0 Å². The number of hydrogen-bond donors (Lipinski definition) is 0. The summed E-state index contributed by atoms with van der Waals surface area (Å²) in [6.07, 6.45) is 35.6. The van der Waals surface area contributed by atoms with Crippen molar-refractivity contribution >= 4 is 23.3 Å². The van der Waals surface area contributed by atoms with Crippen molar-refractivity contribution in [1.82, 2.24) is 0 Å². The van der Waals surface area contributed by atoms with E-state index in [0.29, 0.717) is 23.2 Å². The second-order valence-electron chi connectivity index (χ2n) is 17.3. The molecule has 0 amide bonds. The molecule has 2 aromatic rings. The second kappa shape index (κ2) is 17.1. The van der Waals surface area contributed by atoms with Crippen molar-refractivity contribution in [2.24, 2.45) is 35.0 Å². The molecule has 5 atom stereocenters. The summed E-state index contributed by atoms with van der Waals surface area (Å²) in [6, 6.07) is 16.1. The Morgan fingerprint density at radius 1 is 0.941 bits per heavy atom. The number of aryl methyl sites for hydroxylation is 1. The van der Waals surface area contributed by atoms with E-state index in [-0.39, 0.29) is 0 Å². The van der Waals surface area contributed by atoms with Gasteiger partial charge in [0.15, 0.2) is 0 Å². The van der Waals surface area contributed by atoms with Crippen molar-refractivity contribution in [3.8, 4) is 0 Å². The van der Waals surface area contributed by atoms with Gasteiger partial charge in [0.05, 0.1) is 0 Å². The molecule has 0 bridgehead atoms. The highest BCUT2D eigenvalue weighted by Gasteiger charge is 2.34. The maximum Gasteiger partial charge on any atom is -0.00883 e. The molecule has 4 aliphatic carbocycles. The minimum absolute atomic E-state index is 0.393. The first-order valence-electron chi connectivity index (χ1n) is 21.1. The van der Waals surface area contributed by atoms with Crippen molar-refractivity contribution in [3.05, 3.63) is 117 Å². The number of rotatable bonds is 12. The van der Waals surface area contributed by atoms with E-state index in [1.54, 1.807) is 11.1 Å². The molecule has 0 N–H and O–H groups in total. The van der Waals surface area contributed by atoms with Crippen LogP contribution in [0.5, 0.6) is 0 Å². The van der Waals surface area contributed by atoms with Crippen LogP contribution in [-0.2, 0) is 6.42 Å². The summed E-state index contributed by atoms with van der Waals surface area (Å²) in [7, 11) is 0. The molecule has 3 unspecified atom stereocenters. The van der Waals surface area contributed by atoms with Crippen LogP contribution in [0.1, 0.15) is 149 Å². The average molecular weight is 681 g/mol. The third kappa shape index (κ3) is 8.58. The second-order valence-corrected chi connectivity index (χ2v) is 17.3. The summed E-state index contributed by atoms with van der Waals surface area (Å²) >= 11 is 0. The van der Waals surface area contributed by atoms with Gasteiger partial charge in [-0.2, -0.15) is 0 Å². The fraction of sp³-hybridized carbons (Fsp3) is 0.529. The smallest absolute Gasteiger partial charge is 0.00883 e. The van der Waals surface area contributed by atoms with Crippen LogP contribution < -0.4 is 10.4 Å². The predicted octanol–water partition coefficient (Wildman–Crippen LogP) is 13.4. The summed E-state index contributed by atoms with van der Waals surface area (Å²) in [5.74, 6) is 3.42. The molecule has 1 saturated carbocycles. The minimum atomic E-state index is 0.393. The van der Waals surface area contributed by atoms with E-state index in [4.69, 9.17) is 0 Å². The van der Waals surface area contributed by atoms with Crippen LogP contribution in [0.3, 0.4) is 0 Å². The number of fused-ring (bicyclic) bond motifs is 1. The SMILES string of the molecule is CC=C(c1cc(CC)c2c(c1)=CC1=C(CC=2)CCC(C)(C(C)C)C1)C(C)[C@H](CCC1CCCC[C@@H]1CCC)C1=CC=C(c2ccccc2)CC=C1. The van der Waals surface area contributed by atoms with Crippen LogP contribution >= 0.6 is 0 Å². The van der Waals surface area contributed by atoms with E-state index in [2.05, 4.69) is 133 Å². The van der Waals surface area contributed by atoms with Crippen molar-refractivity contribution in [2.75, 3.05) is 0 Å². The van der Waals surface area contributed by atoms with Crippen molar-refractivity contribution in [3.63, 3.8) is 0 Å². The van der Waals surface area contributed by atoms with Crippen LogP contribution in [-0.4, -0.2) is 0 Å². The quantitative estimate of drug-likeness (QED) is 0.209. The Morgan fingerprint density at radius 2 is 1.71 bits per heavy atom. The molecule has 0 spiro atoms. The highest BCUT2D eigenvalue weighted by atomic mass is 14.4. The molecule has 6 rings (SSSR count). The van der Waals surface area contributed by atoms with Crippen molar-refractivity contribution in [2.45, 2.75) is 138 Å². The normalized spacial score (nSPS) is 25.1. The van der Waals surface area contributed by atoms with Gasteiger partial charge in [-0.05, 0) is 149 Å². The molecule has 0 aromatic heterocycles. The molecule has 51 heavy (non-hydrogen) atoms. The van der Waals surface area contributed by atoms with E-state index >= 15 is 0 Å². The third-order valence-electron chi connectivity index (χ3n) is 14.0. The molecule has 0 heteroatoms. The lowest BCUT2D eigenvalue weighted by Gasteiger charge is -2.39. The number of benzene rings is 2. The molecule has 0 heterocycles. The number of hydrogen-bond acceptors (Lipinski definition) is 0. The van der Waals surface area contributed by atoms with Crippen LogP contribution in [0, 0.1) is 35.0 Å². The van der Waals surface area contributed by atoms with E-state index < -0.39 is 0 Å². The first-order valence-corrected chi connectivity index (χ1v) is 21.1. The van der Waals surface area contributed by atoms with Gasteiger partial charge in [0.2, 0.25) is 0 Å². The van der Waals surface area contributed by atoms with Crippen LogP contribution in [0.15, 0.2) is 89.6 Å². The first-order chi connectivity index (χ1) is 24.7. The molecule has 272 valence electrons. The number of allylic oxidation sites excluding steroid dienone is 10. The lowest BCUT2D eigenvalue weighted by molar-refractivity contribution is 0.189. The van der Waals surface area contributed by atoms with Gasteiger partial charge in [-0.3, -0.25) is 0 Å². The minimum Gasteiger partial charge on any atom is -0.0835 e. The average Bonchev–Trinajstić information content (AvgIpc) is 3.49. The zero-order valence-corrected chi connectivity index (χ0v) is 33.4. The summed E-state index contributed by atoms with van der Waals surface area (Å²) in [4.78, 5) is 0. The van der Waals surface area contributed by atoms with Gasteiger partial charge in [0.1, 0.15) is 0 Å². The highest BCUT2D eigenvalue weighted by molar-refractivity contribution is 5.72. The molecule has 2 aromatic carbocycles. The standard InChI is InChI=1S/C51H68/c1-8-17-39-20-14-15-21-41(39)26-28-49(44-23-16-22-42(24-25-44)40-18-12-11-13-19-40)37(6)48(10-3)45-32-38(9-2)50-29-27-43-30-31-51(7,36(4)5)35-47(43)34-46(50)33-45/h10-13,16,18-19,23-25,29,32-34,36-37,39,41,49H,8-9,14-15,17,20-22,26-28,30-31,35H2,1-7H3/t37?,39-,41?,49-,51?/m0/s1. The van der Waals surface area contributed by atoms with E-state index in [1.165, 1.54) is 114 Å². The van der Waals surface area contributed by atoms with E-state index in [1.807, 2.05) is 0 Å². The Balaban J connectivity index is 1.37. The largest absolute Gasteiger partial charge is 0.0835 e. The topological polar surface area (TPSA) is 0 Å². The first kappa shape index (κ1) is 37.6. The summed E-state index contributed by atoms with van der Waals surface area (Å²) in [5.41, 5.74) is 12.5. The molecule has 0 aliphatic heterocycles.